The topological polar surface area (TPSA) is 118 Å². The molecule has 0 aliphatic carbocycles. The second-order valence-corrected chi connectivity index (χ2v) is 9.33. The summed E-state index contributed by atoms with van der Waals surface area (Å²) in [6.07, 6.45) is 1.80. The van der Waals surface area contributed by atoms with Crippen molar-refractivity contribution in [3.8, 4) is 11.4 Å². The van der Waals surface area contributed by atoms with Gasteiger partial charge in [0.1, 0.15) is 5.82 Å². The average molecular weight is 493 g/mol. The molecule has 1 N–H and O–H groups in total. The summed E-state index contributed by atoms with van der Waals surface area (Å²) in [7, 11) is 1.84. The lowest BCUT2D eigenvalue weighted by atomic mass is 10.2. The smallest absolute Gasteiger partial charge is 0.330 e. The summed E-state index contributed by atoms with van der Waals surface area (Å²) >= 11 is 0. The molecule has 0 bridgehead atoms. The SMILES string of the molecule is CCCCn1c(=O)[nH]c(=O)c2c1nc(CN1CCN(C(C)c3nc(-c4ccccc4)no3)CC1)n2C. The van der Waals surface area contributed by atoms with Gasteiger partial charge in [0.05, 0.1) is 12.6 Å². The van der Waals surface area contributed by atoms with Crippen LogP contribution in [0.1, 0.15) is 44.4 Å². The monoisotopic (exact) mass is 492 g/mol. The van der Waals surface area contributed by atoms with Crippen molar-refractivity contribution in [2.75, 3.05) is 26.2 Å². The van der Waals surface area contributed by atoms with Crippen molar-refractivity contribution >= 4 is 11.2 Å². The van der Waals surface area contributed by atoms with Crippen molar-refractivity contribution < 1.29 is 4.52 Å². The first-order chi connectivity index (χ1) is 17.5. The maximum Gasteiger partial charge on any atom is 0.330 e. The quantitative estimate of drug-likeness (QED) is 0.398. The molecule has 5 rings (SSSR count). The van der Waals surface area contributed by atoms with Crippen molar-refractivity contribution in [2.45, 2.75) is 45.8 Å². The van der Waals surface area contributed by atoms with Gasteiger partial charge in [-0.05, 0) is 13.3 Å². The molecule has 1 saturated heterocycles. The number of aromatic nitrogens is 6. The van der Waals surface area contributed by atoms with Gasteiger partial charge < -0.3 is 9.09 Å². The van der Waals surface area contributed by atoms with Crippen molar-refractivity contribution in [1.29, 1.82) is 0 Å². The van der Waals surface area contributed by atoms with E-state index in [0.29, 0.717) is 36.0 Å². The summed E-state index contributed by atoms with van der Waals surface area (Å²) < 4.78 is 8.97. The van der Waals surface area contributed by atoms with E-state index in [1.807, 2.05) is 41.9 Å². The number of hydrogen-bond acceptors (Lipinski definition) is 8. The highest BCUT2D eigenvalue weighted by Gasteiger charge is 2.27. The first kappa shape index (κ1) is 24.1. The van der Waals surface area contributed by atoms with Gasteiger partial charge in [0.25, 0.3) is 5.56 Å². The van der Waals surface area contributed by atoms with E-state index >= 15 is 0 Å². The van der Waals surface area contributed by atoms with E-state index in [1.54, 1.807) is 4.57 Å². The minimum absolute atomic E-state index is 0.0134. The predicted octanol–water partition coefficient (Wildman–Crippen LogP) is 2.15. The van der Waals surface area contributed by atoms with Crippen molar-refractivity contribution in [1.82, 2.24) is 39.0 Å². The number of fused-ring (bicyclic) bond motifs is 1. The molecular formula is C25H32N8O3. The van der Waals surface area contributed by atoms with Crippen LogP contribution in [0.15, 0.2) is 44.4 Å². The first-order valence-corrected chi connectivity index (χ1v) is 12.5. The number of piperazine rings is 1. The van der Waals surface area contributed by atoms with Crippen LogP contribution in [0.5, 0.6) is 0 Å². The fourth-order valence-electron chi connectivity index (χ4n) is 4.73. The second kappa shape index (κ2) is 10.2. The highest BCUT2D eigenvalue weighted by molar-refractivity contribution is 5.70. The van der Waals surface area contributed by atoms with E-state index in [9.17, 15) is 9.59 Å². The Labute approximate surface area is 208 Å². The van der Waals surface area contributed by atoms with Crippen LogP contribution in [0.25, 0.3) is 22.6 Å². The van der Waals surface area contributed by atoms with Gasteiger partial charge >= 0.3 is 5.69 Å². The third-order valence-corrected chi connectivity index (χ3v) is 6.99. The first-order valence-electron chi connectivity index (χ1n) is 12.5. The Morgan fingerprint density at radius 1 is 1.08 bits per heavy atom. The summed E-state index contributed by atoms with van der Waals surface area (Å²) in [5, 5.41) is 4.16. The van der Waals surface area contributed by atoms with E-state index in [2.05, 4.69) is 38.8 Å². The second-order valence-electron chi connectivity index (χ2n) is 9.33. The molecule has 4 aromatic rings. The van der Waals surface area contributed by atoms with Gasteiger partial charge in [0.15, 0.2) is 11.2 Å². The highest BCUT2D eigenvalue weighted by Crippen LogP contribution is 2.24. The highest BCUT2D eigenvalue weighted by atomic mass is 16.5. The van der Waals surface area contributed by atoms with Crippen LogP contribution in [0.3, 0.4) is 0 Å². The minimum atomic E-state index is -0.398. The van der Waals surface area contributed by atoms with Gasteiger partial charge in [-0.25, -0.2) is 9.78 Å². The van der Waals surface area contributed by atoms with Gasteiger partial charge in [0, 0.05) is 45.3 Å². The van der Waals surface area contributed by atoms with E-state index in [-0.39, 0.29) is 6.04 Å². The van der Waals surface area contributed by atoms with Gasteiger partial charge in [-0.3, -0.25) is 24.1 Å². The van der Waals surface area contributed by atoms with E-state index in [1.165, 1.54) is 0 Å². The van der Waals surface area contributed by atoms with Crippen LogP contribution < -0.4 is 11.2 Å². The van der Waals surface area contributed by atoms with Crippen LogP contribution in [-0.2, 0) is 20.1 Å². The lowest BCUT2D eigenvalue weighted by Gasteiger charge is -2.36. The zero-order valence-electron chi connectivity index (χ0n) is 21.0. The molecule has 4 heterocycles. The van der Waals surface area contributed by atoms with Gasteiger partial charge in [-0.1, -0.05) is 48.8 Å². The molecule has 36 heavy (non-hydrogen) atoms. The Balaban J connectivity index is 1.26. The Bertz CT molecular complexity index is 1440. The van der Waals surface area contributed by atoms with Crippen LogP contribution >= 0.6 is 0 Å². The van der Waals surface area contributed by atoms with Crippen LogP contribution in [0.2, 0.25) is 0 Å². The molecule has 1 fully saturated rings. The largest absolute Gasteiger partial charge is 0.337 e. The average Bonchev–Trinajstić information content (AvgIpc) is 3.50. The summed E-state index contributed by atoms with van der Waals surface area (Å²) in [5.74, 6) is 1.99. The van der Waals surface area contributed by atoms with Crippen molar-refractivity contribution in [3.05, 3.63) is 62.9 Å². The predicted molar refractivity (Wildman–Crippen MR) is 136 cm³/mol. The van der Waals surface area contributed by atoms with Gasteiger partial charge in [-0.15, -0.1) is 0 Å². The molecule has 0 radical (unpaired) electrons. The van der Waals surface area contributed by atoms with Crippen molar-refractivity contribution in [3.63, 3.8) is 0 Å². The van der Waals surface area contributed by atoms with E-state index in [0.717, 1.165) is 50.4 Å². The molecule has 0 amide bonds. The maximum atomic E-state index is 12.5. The summed E-state index contributed by atoms with van der Waals surface area (Å²) in [4.78, 5) is 41.4. The fraction of sp³-hybridized carbons (Fsp3) is 0.480. The standard InChI is InChI=1S/C25H32N8O3/c1-4-5-11-33-22-20(23(34)28-25(33)35)30(3)19(26-22)16-31-12-14-32(15-13-31)17(2)24-27-21(29-36-24)18-9-7-6-8-10-18/h6-10,17H,4-5,11-16H2,1-3H3,(H,28,34,35). The molecule has 11 nitrogen and oxygen atoms in total. The molecule has 1 aromatic carbocycles. The number of hydrogen-bond donors (Lipinski definition) is 1. The zero-order valence-corrected chi connectivity index (χ0v) is 21.0. The van der Waals surface area contributed by atoms with Crippen LogP contribution in [0, 0.1) is 0 Å². The number of nitrogens with one attached hydrogen (secondary N) is 1. The molecule has 1 aliphatic heterocycles. The molecule has 0 spiro atoms. The number of imidazole rings is 1. The molecule has 1 unspecified atom stereocenters. The number of benzene rings is 1. The fourth-order valence-corrected chi connectivity index (χ4v) is 4.73. The van der Waals surface area contributed by atoms with Crippen molar-refractivity contribution in [2.24, 2.45) is 7.05 Å². The lowest BCUT2D eigenvalue weighted by Crippen LogP contribution is -2.47. The normalized spacial score (nSPS) is 16.1. The third-order valence-electron chi connectivity index (χ3n) is 6.99. The maximum absolute atomic E-state index is 12.5. The molecule has 11 heteroatoms. The minimum Gasteiger partial charge on any atom is -0.337 e. The Morgan fingerprint density at radius 2 is 1.83 bits per heavy atom. The van der Waals surface area contributed by atoms with E-state index < -0.39 is 11.2 Å². The molecular weight excluding hydrogens is 460 g/mol. The number of rotatable bonds is 8. The molecule has 3 aromatic heterocycles. The molecule has 0 saturated carbocycles. The van der Waals surface area contributed by atoms with Crippen LogP contribution in [0.4, 0.5) is 0 Å². The van der Waals surface area contributed by atoms with E-state index in [4.69, 9.17) is 9.51 Å². The number of aryl methyl sites for hydroxylation is 2. The number of aromatic amines is 1. The third kappa shape index (κ3) is 4.63. The Morgan fingerprint density at radius 3 is 2.56 bits per heavy atom. The zero-order chi connectivity index (χ0) is 25.2. The van der Waals surface area contributed by atoms with Gasteiger partial charge in [-0.2, -0.15) is 4.98 Å². The summed E-state index contributed by atoms with van der Waals surface area (Å²) in [6, 6.07) is 9.83. The summed E-state index contributed by atoms with van der Waals surface area (Å²) in [6.45, 7) is 8.67. The Kier molecular flexibility index (Phi) is 6.84. The molecule has 1 atom stereocenters. The van der Waals surface area contributed by atoms with Gasteiger partial charge in [0.2, 0.25) is 11.7 Å². The number of H-pyrrole nitrogens is 1. The number of unbranched alkanes of at least 4 members (excludes halogenated alkanes) is 1. The molecule has 1 aliphatic rings. The van der Waals surface area contributed by atoms with Crippen LogP contribution in [-0.4, -0.2) is 65.2 Å². The lowest BCUT2D eigenvalue weighted by molar-refractivity contribution is 0.0828. The summed E-state index contributed by atoms with van der Waals surface area (Å²) in [5.41, 5.74) is 1.05. The number of nitrogens with zero attached hydrogens (tertiary/aromatic N) is 7. The molecule has 190 valence electrons. The Hall–Kier alpha value is -3.57.